The van der Waals surface area contributed by atoms with Gasteiger partial charge in [0.2, 0.25) is 5.91 Å². The Morgan fingerprint density at radius 1 is 1.12 bits per heavy atom. The fourth-order valence-corrected chi connectivity index (χ4v) is 2.27. The van der Waals surface area contributed by atoms with Gasteiger partial charge >= 0.3 is 5.97 Å². The minimum Gasteiger partial charge on any atom is -0.480 e. The summed E-state index contributed by atoms with van der Waals surface area (Å²) in [6, 6.07) is 12.2. The Balaban J connectivity index is 1.90. The number of nitrogens with one attached hydrogen (secondary N) is 1. The largest absolute Gasteiger partial charge is 0.480 e. The molecule has 0 bridgehead atoms. The molecule has 0 radical (unpaired) electrons. The summed E-state index contributed by atoms with van der Waals surface area (Å²) in [4.78, 5) is 36.1. The molecule has 0 heterocycles. The summed E-state index contributed by atoms with van der Waals surface area (Å²) in [5.41, 5.74) is 0.522. The number of hydrogen-bond acceptors (Lipinski definition) is 3. The Morgan fingerprint density at radius 3 is 2.46 bits per heavy atom. The average molecular weight is 328 g/mol. The first kappa shape index (κ1) is 17.5. The highest BCUT2D eigenvalue weighted by Gasteiger charge is 2.21. The molecule has 0 spiro atoms. The molecule has 2 aromatic carbocycles. The number of carboxylic acid groups (broad SMARTS) is 1. The van der Waals surface area contributed by atoms with E-state index in [-0.39, 0.29) is 24.8 Å². The zero-order chi connectivity index (χ0) is 17.7. The normalized spacial score (nSPS) is 11.8. The lowest BCUT2D eigenvalue weighted by Crippen LogP contribution is -2.41. The van der Waals surface area contributed by atoms with E-state index in [0.717, 1.165) is 15.7 Å². The van der Waals surface area contributed by atoms with Crippen molar-refractivity contribution in [2.75, 3.05) is 13.6 Å². The number of aliphatic carboxylic acids is 1. The number of likely N-dealkylation sites (N-methyl/N-ethyl adjacent to an activating group) is 1. The van der Waals surface area contributed by atoms with Crippen molar-refractivity contribution in [2.24, 2.45) is 0 Å². The van der Waals surface area contributed by atoms with E-state index in [4.69, 9.17) is 5.11 Å². The summed E-state index contributed by atoms with van der Waals surface area (Å²) in [6.07, 6.45) is 0.0490. The molecule has 1 atom stereocenters. The van der Waals surface area contributed by atoms with Crippen LogP contribution in [0.3, 0.4) is 0 Å². The monoisotopic (exact) mass is 328 g/mol. The van der Waals surface area contributed by atoms with Gasteiger partial charge in [0.15, 0.2) is 0 Å². The van der Waals surface area contributed by atoms with E-state index in [1.54, 1.807) is 12.1 Å². The molecule has 0 aromatic heterocycles. The van der Waals surface area contributed by atoms with Crippen molar-refractivity contribution in [3.63, 3.8) is 0 Å². The standard InChI is InChI=1S/C18H20N2O4/c1-12(18(23)24)20(2)16(21)9-10-19-17(22)15-8-7-13-5-3-4-6-14(13)11-15/h3-8,11-12H,9-10H2,1-2H3,(H,19,22)(H,23,24). The van der Waals surface area contributed by atoms with Crippen molar-refractivity contribution < 1.29 is 19.5 Å². The molecule has 6 nitrogen and oxygen atoms in total. The number of nitrogens with zero attached hydrogens (tertiary/aromatic N) is 1. The van der Waals surface area contributed by atoms with E-state index in [0.29, 0.717) is 5.56 Å². The van der Waals surface area contributed by atoms with Crippen LogP contribution in [0.15, 0.2) is 42.5 Å². The maximum atomic E-state index is 12.2. The van der Waals surface area contributed by atoms with Gasteiger partial charge in [0, 0.05) is 25.6 Å². The van der Waals surface area contributed by atoms with Gasteiger partial charge < -0.3 is 15.3 Å². The van der Waals surface area contributed by atoms with E-state index in [1.807, 2.05) is 30.3 Å². The fraction of sp³-hybridized carbons (Fsp3) is 0.278. The lowest BCUT2D eigenvalue weighted by molar-refractivity contribution is -0.148. The summed E-state index contributed by atoms with van der Waals surface area (Å²) < 4.78 is 0. The zero-order valence-electron chi connectivity index (χ0n) is 13.7. The number of carboxylic acids is 1. The average Bonchev–Trinajstić information content (AvgIpc) is 2.59. The molecule has 2 rings (SSSR count). The molecule has 24 heavy (non-hydrogen) atoms. The van der Waals surface area contributed by atoms with E-state index in [9.17, 15) is 14.4 Å². The van der Waals surface area contributed by atoms with Crippen molar-refractivity contribution in [3.05, 3.63) is 48.0 Å². The molecule has 0 saturated heterocycles. The number of fused-ring (bicyclic) bond motifs is 1. The minimum absolute atomic E-state index is 0.0490. The van der Waals surface area contributed by atoms with Gasteiger partial charge in [-0.2, -0.15) is 0 Å². The van der Waals surface area contributed by atoms with Crippen molar-refractivity contribution in [2.45, 2.75) is 19.4 Å². The van der Waals surface area contributed by atoms with Gasteiger partial charge in [0.1, 0.15) is 6.04 Å². The van der Waals surface area contributed by atoms with E-state index < -0.39 is 12.0 Å². The molecule has 0 fully saturated rings. The number of rotatable bonds is 6. The quantitative estimate of drug-likeness (QED) is 0.848. The van der Waals surface area contributed by atoms with Crippen LogP contribution in [0.2, 0.25) is 0 Å². The highest BCUT2D eigenvalue weighted by atomic mass is 16.4. The van der Waals surface area contributed by atoms with Crippen LogP contribution in [0, 0.1) is 0 Å². The van der Waals surface area contributed by atoms with Crippen LogP contribution in [0.5, 0.6) is 0 Å². The van der Waals surface area contributed by atoms with E-state index >= 15 is 0 Å². The van der Waals surface area contributed by atoms with Crippen LogP contribution in [0.25, 0.3) is 10.8 Å². The smallest absolute Gasteiger partial charge is 0.326 e. The van der Waals surface area contributed by atoms with Gasteiger partial charge in [-0.05, 0) is 29.8 Å². The molecular formula is C18H20N2O4. The number of amides is 2. The van der Waals surface area contributed by atoms with Gasteiger partial charge in [-0.1, -0.05) is 30.3 Å². The second kappa shape index (κ2) is 7.59. The van der Waals surface area contributed by atoms with E-state index in [2.05, 4.69) is 5.32 Å². The SMILES string of the molecule is CC(C(=O)O)N(C)C(=O)CCNC(=O)c1ccc2ccccc2c1. The summed E-state index contributed by atoms with van der Waals surface area (Å²) in [5, 5.41) is 13.6. The zero-order valence-corrected chi connectivity index (χ0v) is 13.7. The van der Waals surface area contributed by atoms with Crippen LogP contribution in [-0.2, 0) is 9.59 Å². The second-order valence-electron chi connectivity index (χ2n) is 5.59. The Morgan fingerprint density at radius 2 is 1.79 bits per heavy atom. The lowest BCUT2D eigenvalue weighted by atomic mass is 10.1. The molecule has 6 heteroatoms. The summed E-state index contributed by atoms with van der Waals surface area (Å²) in [6.45, 7) is 1.59. The topological polar surface area (TPSA) is 86.7 Å². The van der Waals surface area contributed by atoms with Crippen LogP contribution in [0.4, 0.5) is 0 Å². The highest BCUT2D eigenvalue weighted by molar-refractivity contribution is 5.98. The molecule has 126 valence electrons. The van der Waals surface area contributed by atoms with Gasteiger partial charge in [-0.3, -0.25) is 9.59 Å². The summed E-state index contributed by atoms with van der Waals surface area (Å²) >= 11 is 0. The molecule has 2 amide bonds. The Kier molecular flexibility index (Phi) is 5.52. The van der Waals surface area contributed by atoms with Crippen molar-refractivity contribution in [1.82, 2.24) is 10.2 Å². The van der Waals surface area contributed by atoms with Crippen LogP contribution in [0.1, 0.15) is 23.7 Å². The van der Waals surface area contributed by atoms with Crippen molar-refractivity contribution in [3.8, 4) is 0 Å². The first-order valence-electron chi connectivity index (χ1n) is 7.65. The Hall–Kier alpha value is -2.89. The van der Waals surface area contributed by atoms with Gasteiger partial charge in [0.25, 0.3) is 5.91 Å². The van der Waals surface area contributed by atoms with E-state index in [1.165, 1.54) is 14.0 Å². The molecule has 0 aliphatic carbocycles. The highest BCUT2D eigenvalue weighted by Crippen LogP contribution is 2.15. The third kappa shape index (κ3) is 4.10. The Bertz CT molecular complexity index is 772. The van der Waals surface area contributed by atoms with Crippen LogP contribution >= 0.6 is 0 Å². The van der Waals surface area contributed by atoms with Gasteiger partial charge in [-0.15, -0.1) is 0 Å². The Labute approximate surface area is 140 Å². The van der Waals surface area contributed by atoms with Crippen LogP contribution in [-0.4, -0.2) is 47.4 Å². The lowest BCUT2D eigenvalue weighted by Gasteiger charge is -2.21. The molecule has 1 unspecified atom stereocenters. The number of carbonyl (C=O) groups excluding carboxylic acids is 2. The number of carbonyl (C=O) groups is 3. The van der Waals surface area contributed by atoms with Crippen LogP contribution < -0.4 is 5.32 Å². The molecule has 2 aromatic rings. The fourth-order valence-electron chi connectivity index (χ4n) is 2.27. The number of benzene rings is 2. The molecule has 0 aliphatic rings. The summed E-state index contributed by atoms with van der Waals surface area (Å²) in [5.74, 6) is -1.66. The summed E-state index contributed by atoms with van der Waals surface area (Å²) in [7, 11) is 1.44. The predicted molar refractivity (Wildman–Crippen MR) is 90.8 cm³/mol. The second-order valence-corrected chi connectivity index (χ2v) is 5.59. The van der Waals surface area contributed by atoms with Gasteiger partial charge in [-0.25, -0.2) is 4.79 Å². The molecule has 0 aliphatic heterocycles. The van der Waals surface area contributed by atoms with Crippen molar-refractivity contribution >= 4 is 28.6 Å². The minimum atomic E-state index is -1.06. The third-order valence-electron chi connectivity index (χ3n) is 3.97. The predicted octanol–water partition coefficient (Wildman–Crippen LogP) is 1.89. The van der Waals surface area contributed by atoms with Gasteiger partial charge in [0.05, 0.1) is 0 Å². The molecule has 2 N–H and O–H groups in total. The molecule has 0 saturated carbocycles. The number of hydrogen-bond donors (Lipinski definition) is 2. The first-order chi connectivity index (χ1) is 11.4. The molecular weight excluding hydrogens is 308 g/mol. The third-order valence-corrected chi connectivity index (χ3v) is 3.97. The first-order valence-corrected chi connectivity index (χ1v) is 7.65. The van der Waals surface area contributed by atoms with Crippen molar-refractivity contribution in [1.29, 1.82) is 0 Å². The maximum Gasteiger partial charge on any atom is 0.326 e. The maximum absolute atomic E-state index is 12.2.